The molecule has 0 spiro atoms. The smallest absolute Gasteiger partial charge is 0.463 e. The van der Waals surface area contributed by atoms with Crippen LogP contribution in [-0.2, 0) is 25.0 Å². The first-order chi connectivity index (χ1) is 10.3. The summed E-state index contributed by atoms with van der Waals surface area (Å²) in [4.78, 5) is 31.7. The van der Waals surface area contributed by atoms with Gasteiger partial charge in [-0.1, -0.05) is 18.2 Å². The Kier molecular flexibility index (Phi) is 5.33. The van der Waals surface area contributed by atoms with Crippen molar-refractivity contribution in [1.82, 2.24) is 4.98 Å². The number of H-pyrrole nitrogens is 1. The topological polar surface area (TPSA) is 129 Å². The molecule has 0 aliphatic carbocycles. The normalized spacial score (nSPS) is 13.2. The van der Waals surface area contributed by atoms with Gasteiger partial charge in [-0.25, -0.2) is 4.57 Å². The van der Waals surface area contributed by atoms with Gasteiger partial charge in [-0.15, -0.1) is 0 Å². The predicted molar refractivity (Wildman–Crippen MR) is 77.0 cm³/mol. The number of carbonyl (C=O) groups is 1. The van der Waals surface area contributed by atoms with Gasteiger partial charge in [0.1, 0.15) is 12.7 Å². The number of phosphoric acid groups is 1. The molecule has 2 aromatic rings. The highest BCUT2D eigenvalue weighted by Crippen LogP contribution is 2.35. The van der Waals surface area contributed by atoms with Crippen LogP contribution in [0.3, 0.4) is 0 Å². The number of ether oxygens (including phenoxy) is 1. The average Bonchev–Trinajstić information content (AvgIpc) is 2.85. The van der Waals surface area contributed by atoms with Crippen molar-refractivity contribution in [3.05, 3.63) is 36.0 Å². The van der Waals surface area contributed by atoms with Crippen molar-refractivity contribution in [3.8, 4) is 0 Å². The van der Waals surface area contributed by atoms with Crippen molar-refractivity contribution in [1.29, 1.82) is 0 Å². The van der Waals surface area contributed by atoms with Gasteiger partial charge >= 0.3 is 13.8 Å². The van der Waals surface area contributed by atoms with Crippen LogP contribution in [0.15, 0.2) is 30.5 Å². The van der Waals surface area contributed by atoms with E-state index >= 15 is 0 Å². The summed E-state index contributed by atoms with van der Waals surface area (Å²) >= 11 is 0. The maximum absolute atomic E-state index is 11.7. The molecule has 0 radical (unpaired) electrons. The molecule has 9 heteroatoms. The Hall–Kier alpha value is -1.70. The highest BCUT2D eigenvalue weighted by atomic mass is 31.2. The molecular weight excluding hydrogens is 313 g/mol. The molecule has 8 nitrogen and oxygen atoms in total. The van der Waals surface area contributed by atoms with Crippen molar-refractivity contribution in [2.45, 2.75) is 12.5 Å². The minimum Gasteiger partial charge on any atom is -0.463 e. The minimum absolute atomic E-state index is 0.0239. The summed E-state index contributed by atoms with van der Waals surface area (Å²) in [6.45, 7) is -1.02. The van der Waals surface area contributed by atoms with Crippen LogP contribution < -0.4 is 0 Å². The van der Waals surface area contributed by atoms with Gasteiger partial charge in [-0.3, -0.25) is 9.32 Å². The monoisotopic (exact) mass is 329 g/mol. The Morgan fingerprint density at radius 3 is 2.73 bits per heavy atom. The van der Waals surface area contributed by atoms with Crippen molar-refractivity contribution >= 4 is 24.7 Å². The molecule has 0 bridgehead atoms. The van der Waals surface area contributed by atoms with E-state index in [4.69, 9.17) is 14.5 Å². The van der Waals surface area contributed by atoms with Crippen LogP contribution in [0, 0.1) is 0 Å². The lowest BCUT2D eigenvalue weighted by molar-refractivity contribution is -0.146. The number of hydrogen-bond donors (Lipinski definition) is 4. The van der Waals surface area contributed by atoms with E-state index < -0.39 is 33.1 Å². The third kappa shape index (κ3) is 4.94. The Morgan fingerprint density at radius 2 is 2.00 bits per heavy atom. The molecule has 0 aliphatic heterocycles. The fourth-order valence-electron chi connectivity index (χ4n) is 1.90. The first kappa shape index (κ1) is 16.7. The molecule has 0 aliphatic rings. The number of aliphatic hydroxyl groups excluding tert-OH is 1. The molecule has 1 aromatic carbocycles. The van der Waals surface area contributed by atoms with Crippen LogP contribution in [-0.4, -0.2) is 45.2 Å². The van der Waals surface area contributed by atoms with Crippen LogP contribution in [0.4, 0.5) is 0 Å². The highest BCUT2D eigenvalue weighted by molar-refractivity contribution is 7.46. The molecule has 1 heterocycles. The highest BCUT2D eigenvalue weighted by Gasteiger charge is 2.18. The fraction of sp³-hybridized carbons (Fsp3) is 0.308. The van der Waals surface area contributed by atoms with E-state index in [-0.39, 0.29) is 6.42 Å². The number of esters is 1. The molecule has 1 aromatic heterocycles. The quantitative estimate of drug-likeness (QED) is 0.435. The SMILES string of the molecule is O=C(Cc1c[nH]c2ccccc12)OCC(O)COP(=O)(O)O. The molecule has 1 atom stereocenters. The first-order valence-corrected chi connectivity index (χ1v) is 7.97. The lowest BCUT2D eigenvalue weighted by Gasteiger charge is -2.12. The molecule has 1 unspecified atom stereocenters. The van der Waals surface area contributed by atoms with E-state index in [0.717, 1.165) is 16.5 Å². The number of fused-ring (bicyclic) bond motifs is 1. The second kappa shape index (κ2) is 7.04. The van der Waals surface area contributed by atoms with Crippen LogP contribution in [0.25, 0.3) is 10.9 Å². The van der Waals surface area contributed by atoms with Crippen molar-refractivity contribution in [2.24, 2.45) is 0 Å². The number of aliphatic hydroxyl groups is 1. The van der Waals surface area contributed by atoms with Gasteiger partial charge in [0.05, 0.1) is 13.0 Å². The Morgan fingerprint density at radius 1 is 1.27 bits per heavy atom. The summed E-state index contributed by atoms with van der Waals surface area (Å²) in [5.41, 5.74) is 1.67. The largest absolute Gasteiger partial charge is 0.469 e. The van der Waals surface area contributed by atoms with E-state index in [1.165, 1.54) is 0 Å². The van der Waals surface area contributed by atoms with Crippen molar-refractivity contribution in [2.75, 3.05) is 13.2 Å². The van der Waals surface area contributed by atoms with E-state index in [2.05, 4.69) is 9.51 Å². The second-order valence-corrected chi connectivity index (χ2v) is 5.90. The van der Waals surface area contributed by atoms with E-state index in [1.807, 2.05) is 24.3 Å². The van der Waals surface area contributed by atoms with Gasteiger partial charge in [-0.05, 0) is 11.6 Å². The van der Waals surface area contributed by atoms with Gasteiger partial charge < -0.3 is 24.6 Å². The van der Waals surface area contributed by atoms with E-state index in [1.54, 1.807) is 6.20 Å². The Bertz CT molecular complexity index is 693. The number of hydrogen-bond acceptors (Lipinski definition) is 5. The summed E-state index contributed by atoms with van der Waals surface area (Å²) in [5.74, 6) is -0.556. The van der Waals surface area contributed by atoms with E-state index in [9.17, 15) is 14.5 Å². The van der Waals surface area contributed by atoms with Gasteiger partial charge in [0.2, 0.25) is 0 Å². The zero-order valence-electron chi connectivity index (χ0n) is 11.5. The third-order valence-electron chi connectivity index (χ3n) is 2.88. The molecule has 0 fully saturated rings. The molecular formula is C13H16NO7P. The minimum atomic E-state index is -4.65. The number of aromatic nitrogens is 1. The lowest BCUT2D eigenvalue weighted by Crippen LogP contribution is -2.23. The van der Waals surface area contributed by atoms with E-state index in [0.29, 0.717) is 0 Å². The summed E-state index contributed by atoms with van der Waals surface area (Å²) < 4.78 is 19.4. The molecule has 4 N–H and O–H groups in total. The maximum Gasteiger partial charge on any atom is 0.469 e. The number of nitrogens with one attached hydrogen (secondary N) is 1. The number of rotatable bonds is 7. The lowest BCUT2D eigenvalue weighted by atomic mass is 10.1. The summed E-state index contributed by atoms with van der Waals surface area (Å²) in [6, 6.07) is 7.48. The molecule has 22 heavy (non-hydrogen) atoms. The van der Waals surface area contributed by atoms with Gasteiger partial charge in [0, 0.05) is 17.1 Å². The first-order valence-electron chi connectivity index (χ1n) is 6.44. The number of carbonyl (C=O) groups excluding carboxylic acids is 1. The summed E-state index contributed by atoms with van der Waals surface area (Å²) in [7, 11) is -4.65. The number of phosphoric ester groups is 1. The fourth-order valence-corrected chi connectivity index (χ4v) is 2.27. The molecule has 2 rings (SSSR count). The van der Waals surface area contributed by atoms with Gasteiger partial charge in [-0.2, -0.15) is 0 Å². The predicted octanol–water partition coefficient (Wildman–Crippen LogP) is 0.724. The van der Waals surface area contributed by atoms with Crippen molar-refractivity contribution in [3.63, 3.8) is 0 Å². The Balaban J connectivity index is 1.82. The molecule has 0 saturated carbocycles. The van der Waals surface area contributed by atoms with Crippen LogP contribution >= 0.6 is 7.82 Å². The van der Waals surface area contributed by atoms with Gasteiger partial charge in [0.15, 0.2) is 0 Å². The number of aromatic amines is 1. The van der Waals surface area contributed by atoms with Crippen LogP contribution in [0.5, 0.6) is 0 Å². The standard InChI is InChI=1S/C13H16NO7P/c15-10(8-21-22(17,18)19)7-20-13(16)5-9-6-14-12-4-2-1-3-11(9)12/h1-4,6,10,14-15H,5,7-8H2,(H2,17,18,19). The zero-order valence-corrected chi connectivity index (χ0v) is 12.4. The zero-order chi connectivity index (χ0) is 16.2. The molecule has 0 saturated heterocycles. The summed E-state index contributed by atoms with van der Waals surface area (Å²) in [5, 5.41) is 10.3. The molecule has 120 valence electrons. The van der Waals surface area contributed by atoms with Gasteiger partial charge in [0.25, 0.3) is 0 Å². The second-order valence-electron chi connectivity index (χ2n) is 4.66. The molecule has 0 amide bonds. The van der Waals surface area contributed by atoms with Crippen molar-refractivity contribution < 1.29 is 33.5 Å². The number of para-hydroxylation sites is 1. The maximum atomic E-state index is 11.7. The average molecular weight is 329 g/mol. The number of benzene rings is 1. The van der Waals surface area contributed by atoms with Crippen LogP contribution in [0.1, 0.15) is 5.56 Å². The Labute approximate surface area is 125 Å². The summed E-state index contributed by atoms with van der Waals surface area (Å²) in [6.07, 6.45) is 0.426. The third-order valence-corrected chi connectivity index (χ3v) is 3.37. The van der Waals surface area contributed by atoms with Crippen LogP contribution in [0.2, 0.25) is 0 Å².